The Kier molecular flexibility index (Phi) is 5.07. The maximum absolute atomic E-state index is 16.2. The Morgan fingerprint density at radius 3 is 2.50 bits per heavy atom. The predicted octanol–water partition coefficient (Wildman–Crippen LogP) is 4.73. The van der Waals surface area contributed by atoms with E-state index in [2.05, 4.69) is 4.99 Å². The third-order valence-electron chi connectivity index (χ3n) is 5.71. The van der Waals surface area contributed by atoms with E-state index in [1.807, 2.05) is 36.4 Å². The van der Waals surface area contributed by atoms with Gasteiger partial charge in [0.05, 0.1) is 16.2 Å². The third-order valence-corrected chi connectivity index (χ3v) is 5.71. The maximum Gasteiger partial charge on any atom is 0.270 e. The van der Waals surface area contributed by atoms with Crippen LogP contribution in [-0.2, 0) is 15.3 Å². The van der Waals surface area contributed by atoms with E-state index < -0.39 is 10.7 Å². The quantitative estimate of drug-likeness (QED) is 0.330. The van der Waals surface area contributed by atoms with Gasteiger partial charge in [0.15, 0.2) is 0 Å². The van der Waals surface area contributed by atoms with Crippen molar-refractivity contribution in [1.82, 2.24) is 0 Å². The van der Waals surface area contributed by atoms with E-state index in [1.54, 1.807) is 24.3 Å². The van der Waals surface area contributed by atoms with Gasteiger partial charge in [0.1, 0.15) is 26.0 Å². The fourth-order valence-electron chi connectivity index (χ4n) is 4.06. The van der Waals surface area contributed by atoms with Crippen LogP contribution < -0.4 is 4.90 Å². The number of ether oxygens (including phenoxy) is 2. The van der Waals surface area contributed by atoms with Crippen molar-refractivity contribution in [2.24, 2.45) is 4.99 Å². The van der Waals surface area contributed by atoms with Gasteiger partial charge < -0.3 is 14.4 Å². The third kappa shape index (κ3) is 3.48. The molecule has 0 spiro atoms. The minimum Gasteiger partial charge on any atom is -0.475 e. The van der Waals surface area contributed by atoms with Crippen molar-refractivity contribution >= 4 is 17.3 Å². The average Bonchev–Trinajstić information content (AvgIpc) is 3.48. The summed E-state index contributed by atoms with van der Waals surface area (Å²) in [5, 5.41) is 11.4. The van der Waals surface area contributed by atoms with Crippen molar-refractivity contribution in [2.45, 2.75) is 11.8 Å². The molecule has 3 aromatic rings. The lowest BCUT2D eigenvalue weighted by Crippen LogP contribution is -2.40. The van der Waals surface area contributed by atoms with Gasteiger partial charge in [0.25, 0.3) is 5.69 Å². The molecule has 3 aromatic carbocycles. The van der Waals surface area contributed by atoms with Crippen LogP contribution in [0.4, 0.5) is 15.8 Å². The molecule has 2 atom stereocenters. The second-order valence-electron chi connectivity index (χ2n) is 7.66. The zero-order valence-corrected chi connectivity index (χ0v) is 17.1. The van der Waals surface area contributed by atoms with Gasteiger partial charge >= 0.3 is 0 Å². The molecule has 0 aliphatic carbocycles. The number of nitro groups is 1. The number of hydrogen-bond donors (Lipinski definition) is 0. The summed E-state index contributed by atoms with van der Waals surface area (Å²) >= 11 is 0. The summed E-state index contributed by atoms with van der Waals surface area (Å²) in [5.41, 5.74) is 2.08. The fourth-order valence-corrected chi connectivity index (χ4v) is 4.06. The summed E-state index contributed by atoms with van der Waals surface area (Å²) < 4.78 is 27.6. The summed E-state index contributed by atoms with van der Waals surface area (Å²) in [7, 11) is 0. The van der Waals surface area contributed by atoms with Gasteiger partial charge in [-0.25, -0.2) is 9.38 Å². The van der Waals surface area contributed by atoms with Crippen molar-refractivity contribution in [3.8, 4) is 0 Å². The molecule has 1 fully saturated rings. The molecule has 0 N–H and O–H groups in total. The Morgan fingerprint density at radius 2 is 1.78 bits per heavy atom. The molecule has 7 nitrogen and oxygen atoms in total. The Morgan fingerprint density at radius 1 is 1.06 bits per heavy atom. The molecule has 0 unspecified atom stereocenters. The Bertz CT molecular complexity index is 1170. The van der Waals surface area contributed by atoms with E-state index in [0.717, 1.165) is 5.56 Å². The van der Waals surface area contributed by atoms with Crippen LogP contribution in [0, 0.1) is 10.1 Å². The summed E-state index contributed by atoms with van der Waals surface area (Å²) in [6.07, 6.45) is 0. The molecule has 1 saturated heterocycles. The molecule has 0 aromatic heterocycles. The van der Waals surface area contributed by atoms with Gasteiger partial charge in [0, 0.05) is 17.7 Å². The van der Waals surface area contributed by atoms with Crippen LogP contribution in [0.3, 0.4) is 0 Å². The lowest BCUT2D eigenvalue weighted by atomic mass is 10.0. The SMILES string of the molecule is O=[N+]([O-])c1ccc(N2COC[C@]2(F)c2ccccc2)c(C2=N[C@H](c3ccccc3)CO2)c1. The van der Waals surface area contributed by atoms with Gasteiger partial charge in [-0.3, -0.25) is 10.1 Å². The zero-order chi connectivity index (χ0) is 22.1. The summed E-state index contributed by atoms with van der Waals surface area (Å²) in [5.74, 6) is -1.68. The van der Waals surface area contributed by atoms with E-state index >= 15 is 4.39 Å². The Hall–Kier alpha value is -3.78. The number of halogens is 1. The molecule has 0 saturated carbocycles. The molecule has 0 bridgehead atoms. The second-order valence-corrected chi connectivity index (χ2v) is 7.66. The van der Waals surface area contributed by atoms with E-state index in [-0.39, 0.29) is 31.0 Å². The number of benzene rings is 3. The summed E-state index contributed by atoms with van der Waals surface area (Å²) in [4.78, 5) is 17.1. The maximum atomic E-state index is 16.2. The number of nitro benzene ring substituents is 1. The largest absolute Gasteiger partial charge is 0.475 e. The molecular formula is C24H20FN3O4. The molecule has 0 amide bonds. The first kappa shape index (κ1) is 20.1. The molecule has 2 aliphatic rings. The highest BCUT2D eigenvalue weighted by Gasteiger charge is 2.46. The molecule has 2 aliphatic heterocycles. The first-order chi connectivity index (χ1) is 15.6. The first-order valence-electron chi connectivity index (χ1n) is 10.2. The number of hydrogen-bond acceptors (Lipinski definition) is 6. The van der Waals surface area contributed by atoms with Gasteiger partial charge in [-0.1, -0.05) is 60.7 Å². The zero-order valence-electron chi connectivity index (χ0n) is 17.1. The second kappa shape index (κ2) is 8.05. The number of alkyl halides is 1. The summed E-state index contributed by atoms with van der Waals surface area (Å²) in [6.45, 7) is 0.135. The van der Waals surface area contributed by atoms with E-state index in [9.17, 15) is 10.1 Å². The molecule has 5 rings (SSSR count). The average molecular weight is 433 g/mol. The van der Waals surface area contributed by atoms with Crippen molar-refractivity contribution in [3.63, 3.8) is 0 Å². The number of anilines is 1. The van der Waals surface area contributed by atoms with Gasteiger partial charge in [-0.15, -0.1) is 0 Å². The van der Waals surface area contributed by atoms with E-state index in [0.29, 0.717) is 23.4 Å². The van der Waals surface area contributed by atoms with Crippen LogP contribution in [-0.4, -0.2) is 30.8 Å². The number of aliphatic imine (C=N–C) groups is 1. The highest BCUT2D eigenvalue weighted by molar-refractivity contribution is 6.01. The van der Waals surface area contributed by atoms with Crippen LogP contribution >= 0.6 is 0 Å². The van der Waals surface area contributed by atoms with Crippen LogP contribution in [0.1, 0.15) is 22.7 Å². The smallest absolute Gasteiger partial charge is 0.270 e. The standard InChI is InChI=1S/C24H20FN3O4/c25-24(18-9-5-2-6-10-18)15-31-16-27(24)22-12-11-19(28(29)30)13-20(22)23-26-21(14-32-23)17-7-3-1-4-8-17/h1-13,21H,14-16H2/t21-,24+/m0/s1. The minimum atomic E-state index is -1.93. The van der Waals surface area contributed by atoms with Crippen LogP contribution in [0.15, 0.2) is 83.9 Å². The highest BCUT2D eigenvalue weighted by atomic mass is 19.1. The summed E-state index contributed by atoms with van der Waals surface area (Å²) in [6, 6.07) is 22.4. The van der Waals surface area contributed by atoms with Gasteiger partial charge in [-0.05, 0) is 11.6 Å². The Labute approximate surface area is 183 Å². The lowest BCUT2D eigenvalue weighted by Gasteiger charge is -2.32. The van der Waals surface area contributed by atoms with Crippen LogP contribution in [0.25, 0.3) is 0 Å². The van der Waals surface area contributed by atoms with Crippen LogP contribution in [0.5, 0.6) is 0 Å². The number of rotatable bonds is 5. The minimum absolute atomic E-state index is 0.00833. The molecule has 8 heteroatoms. The monoisotopic (exact) mass is 433 g/mol. The molecular weight excluding hydrogens is 413 g/mol. The van der Waals surface area contributed by atoms with Gasteiger partial charge in [-0.2, -0.15) is 0 Å². The molecule has 162 valence electrons. The predicted molar refractivity (Wildman–Crippen MR) is 117 cm³/mol. The number of non-ortho nitro benzene ring substituents is 1. The highest BCUT2D eigenvalue weighted by Crippen LogP contribution is 2.42. The normalized spacial score (nSPS) is 22.5. The number of nitrogens with zero attached hydrogens (tertiary/aromatic N) is 3. The Balaban J connectivity index is 1.59. The van der Waals surface area contributed by atoms with E-state index in [4.69, 9.17) is 9.47 Å². The van der Waals surface area contributed by atoms with Crippen molar-refractivity contribution in [1.29, 1.82) is 0 Å². The van der Waals surface area contributed by atoms with Crippen molar-refractivity contribution in [2.75, 3.05) is 24.8 Å². The van der Waals surface area contributed by atoms with Crippen molar-refractivity contribution < 1.29 is 18.8 Å². The lowest BCUT2D eigenvalue weighted by molar-refractivity contribution is -0.384. The molecule has 2 heterocycles. The topological polar surface area (TPSA) is 77.2 Å². The van der Waals surface area contributed by atoms with Crippen LogP contribution in [0.2, 0.25) is 0 Å². The molecule has 0 radical (unpaired) electrons. The first-order valence-corrected chi connectivity index (χ1v) is 10.2. The van der Waals surface area contributed by atoms with Crippen molar-refractivity contribution in [3.05, 3.63) is 106 Å². The van der Waals surface area contributed by atoms with Gasteiger partial charge in [0.2, 0.25) is 11.7 Å². The molecule has 32 heavy (non-hydrogen) atoms. The fraction of sp³-hybridized carbons (Fsp3) is 0.208. The van der Waals surface area contributed by atoms with E-state index in [1.165, 1.54) is 23.1 Å².